The van der Waals surface area contributed by atoms with Crippen molar-refractivity contribution in [3.63, 3.8) is 0 Å². The summed E-state index contributed by atoms with van der Waals surface area (Å²) in [6, 6.07) is 9.64. The van der Waals surface area contributed by atoms with E-state index in [4.69, 9.17) is 0 Å². The zero-order valence-electron chi connectivity index (χ0n) is 12.3. The topological polar surface area (TPSA) is 51.3 Å². The van der Waals surface area contributed by atoms with Crippen molar-refractivity contribution in [2.75, 3.05) is 11.9 Å². The lowest BCUT2D eigenvalue weighted by Crippen LogP contribution is -2.21. The Balaban J connectivity index is 2.02. The first-order chi connectivity index (χ1) is 10.1. The van der Waals surface area contributed by atoms with Crippen LogP contribution in [0.4, 0.5) is 5.69 Å². The van der Waals surface area contributed by atoms with E-state index in [9.17, 15) is 4.79 Å². The highest BCUT2D eigenvalue weighted by Crippen LogP contribution is 2.22. The van der Waals surface area contributed by atoms with Gasteiger partial charge in [0.1, 0.15) is 5.69 Å². The fourth-order valence-electron chi connectivity index (χ4n) is 2.36. The number of rotatable bonds is 2. The average molecular weight is 302 g/mol. The molecule has 110 valence electrons. The molecule has 1 unspecified atom stereocenters. The number of nitrogens with zero attached hydrogens (tertiary/aromatic N) is 3. The molecule has 1 N–H and O–H groups in total. The van der Waals surface area contributed by atoms with Gasteiger partial charge in [0.25, 0.3) is 5.56 Å². The van der Waals surface area contributed by atoms with Gasteiger partial charge in [-0.3, -0.25) is 14.5 Å². The summed E-state index contributed by atoms with van der Waals surface area (Å²) in [5.74, 6) is 0. The number of aromatic nitrogens is 2. The van der Waals surface area contributed by atoms with Gasteiger partial charge < -0.3 is 5.32 Å². The Morgan fingerprint density at radius 1 is 1.33 bits per heavy atom. The van der Waals surface area contributed by atoms with E-state index < -0.39 is 0 Å². The van der Waals surface area contributed by atoms with E-state index >= 15 is 0 Å². The second-order valence-electron chi connectivity index (χ2n) is 5.14. The molecule has 0 aliphatic carbocycles. The Bertz CT molecular complexity index is 745. The molecule has 3 rings (SSSR count). The van der Waals surface area contributed by atoms with E-state index in [1.807, 2.05) is 49.0 Å². The smallest absolute Gasteiger partial charge is 0.295 e. The lowest BCUT2D eigenvalue weighted by molar-refractivity contribution is 0.630. The van der Waals surface area contributed by atoms with Crippen LogP contribution >= 0.6 is 11.8 Å². The van der Waals surface area contributed by atoms with Crippen LogP contribution in [-0.4, -0.2) is 26.3 Å². The molecule has 0 amide bonds. The monoisotopic (exact) mass is 302 g/mol. The highest BCUT2D eigenvalue weighted by molar-refractivity contribution is 8.15. The molecule has 0 radical (unpaired) electrons. The normalized spacial score (nSPS) is 17.9. The van der Waals surface area contributed by atoms with Crippen molar-refractivity contribution >= 4 is 22.6 Å². The van der Waals surface area contributed by atoms with Gasteiger partial charge in [-0.2, -0.15) is 0 Å². The molecular formula is C15H18N4OS. The third-order valence-corrected chi connectivity index (χ3v) is 4.60. The van der Waals surface area contributed by atoms with Crippen LogP contribution in [0.15, 0.2) is 40.1 Å². The summed E-state index contributed by atoms with van der Waals surface area (Å²) < 4.78 is 3.53. The molecule has 0 fully saturated rings. The molecule has 21 heavy (non-hydrogen) atoms. The summed E-state index contributed by atoms with van der Waals surface area (Å²) in [4.78, 5) is 17.1. The van der Waals surface area contributed by atoms with E-state index in [1.165, 1.54) is 0 Å². The number of thioether (sulfide) groups is 1. The minimum atomic E-state index is -0.0518. The van der Waals surface area contributed by atoms with Crippen LogP contribution in [0.3, 0.4) is 0 Å². The van der Waals surface area contributed by atoms with E-state index in [0.29, 0.717) is 10.9 Å². The average Bonchev–Trinajstić information content (AvgIpc) is 2.98. The Kier molecular flexibility index (Phi) is 3.63. The Morgan fingerprint density at radius 2 is 2.05 bits per heavy atom. The van der Waals surface area contributed by atoms with E-state index in [0.717, 1.165) is 23.1 Å². The third kappa shape index (κ3) is 2.51. The zero-order chi connectivity index (χ0) is 15.0. The van der Waals surface area contributed by atoms with Crippen molar-refractivity contribution in [1.82, 2.24) is 9.36 Å². The van der Waals surface area contributed by atoms with Gasteiger partial charge >= 0.3 is 0 Å². The molecule has 1 aromatic heterocycles. The summed E-state index contributed by atoms with van der Waals surface area (Å²) in [6.45, 7) is 4.86. The predicted molar refractivity (Wildman–Crippen MR) is 88.7 cm³/mol. The van der Waals surface area contributed by atoms with Crippen molar-refractivity contribution < 1.29 is 0 Å². The minimum Gasteiger partial charge on any atom is -0.329 e. The van der Waals surface area contributed by atoms with Crippen LogP contribution in [0, 0.1) is 6.92 Å². The van der Waals surface area contributed by atoms with Gasteiger partial charge in [0.05, 0.1) is 17.9 Å². The highest BCUT2D eigenvalue weighted by atomic mass is 32.2. The Morgan fingerprint density at radius 3 is 2.67 bits per heavy atom. The standard InChI is InChI=1S/C15H18N4OS/c1-10-9-16-15(21-10)17-13-11(2)18(3)19(14(13)20)12-7-5-4-6-8-12/h4-8,10H,9H2,1-3H3,(H,16,17). The number of amidine groups is 1. The molecule has 2 heterocycles. The summed E-state index contributed by atoms with van der Waals surface area (Å²) in [5, 5.41) is 4.49. The summed E-state index contributed by atoms with van der Waals surface area (Å²) in [6.07, 6.45) is 0. The number of hydrogen-bond donors (Lipinski definition) is 1. The minimum absolute atomic E-state index is 0.0518. The van der Waals surface area contributed by atoms with Crippen molar-refractivity contribution in [2.45, 2.75) is 19.1 Å². The molecule has 5 nitrogen and oxygen atoms in total. The maximum absolute atomic E-state index is 12.7. The molecule has 0 bridgehead atoms. The molecule has 1 aliphatic rings. The fraction of sp³-hybridized carbons (Fsp3) is 0.333. The first kappa shape index (κ1) is 14.0. The van der Waals surface area contributed by atoms with Crippen LogP contribution in [0.1, 0.15) is 12.6 Å². The molecule has 0 saturated heterocycles. The number of hydrogen-bond acceptors (Lipinski definition) is 4. The summed E-state index contributed by atoms with van der Waals surface area (Å²) in [5.41, 5.74) is 2.30. The Hall–Kier alpha value is -1.95. The predicted octanol–water partition coefficient (Wildman–Crippen LogP) is 2.39. The van der Waals surface area contributed by atoms with E-state index in [2.05, 4.69) is 17.2 Å². The largest absolute Gasteiger partial charge is 0.329 e. The maximum atomic E-state index is 12.7. The van der Waals surface area contributed by atoms with Crippen molar-refractivity contribution in [3.05, 3.63) is 46.4 Å². The lowest BCUT2D eigenvalue weighted by atomic mass is 10.3. The summed E-state index contributed by atoms with van der Waals surface area (Å²) >= 11 is 1.67. The zero-order valence-corrected chi connectivity index (χ0v) is 13.1. The van der Waals surface area contributed by atoms with Gasteiger partial charge in [-0.05, 0) is 19.1 Å². The number of benzene rings is 1. The van der Waals surface area contributed by atoms with Gasteiger partial charge in [-0.1, -0.05) is 36.9 Å². The van der Waals surface area contributed by atoms with Crippen LogP contribution in [0.25, 0.3) is 5.69 Å². The lowest BCUT2D eigenvalue weighted by Gasteiger charge is -2.07. The van der Waals surface area contributed by atoms with Gasteiger partial charge in [-0.25, -0.2) is 4.68 Å². The van der Waals surface area contributed by atoms with Crippen LogP contribution in [-0.2, 0) is 7.05 Å². The van der Waals surface area contributed by atoms with Gasteiger partial charge in [-0.15, -0.1) is 0 Å². The molecule has 1 aromatic carbocycles. The number of nitrogens with one attached hydrogen (secondary N) is 1. The van der Waals surface area contributed by atoms with Gasteiger partial charge in [0.15, 0.2) is 5.17 Å². The molecule has 6 heteroatoms. The number of para-hydroxylation sites is 1. The molecule has 0 spiro atoms. The number of aliphatic imine (C=N–C) groups is 1. The van der Waals surface area contributed by atoms with Crippen LogP contribution in [0.5, 0.6) is 0 Å². The van der Waals surface area contributed by atoms with E-state index in [-0.39, 0.29) is 5.56 Å². The van der Waals surface area contributed by atoms with E-state index in [1.54, 1.807) is 16.4 Å². The fourth-order valence-corrected chi connectivity index (χ4v) is 3.21. The first-order valence-corrected chi connectivity index (χ1v) is 7.78. The maximum Gasteiger partial charge on any atom is 0.295 e. The Labute approximate surface area is 127 Å². The van der Waals surface area contributed by atoms with Crippen LogP contribution in [0.2, 0.25) is 0 Å². The molecule has 1 aliphatic heterocycles. The van der Waals surface area contributed by atoms with Gasteiger partial charge in [0.2, 0.25) is 0 Å². The highest BCUT2D eigenvalue weighted by Gasteiger charge is 2.20. The van der Waals surface area contributed by atoms with Crippen molar-refractivity contribution in [2.24, 2.45) is 12.0 Å². The van der Waals surface area contributed by atoms with Gasteiger partial charge in [0, 0.05) is 12.3 Å². The summed E-state index contributed by atoms with van der Waals surface area (Å²) in [7, 11) is 1.89. The first-order valence-electron chi connectivity index (χ1n) is 6.90. The third-order valence-electron chi connectivity index (χ3n) is 3.59. The quantitative estimate of drug-likeness (QED) is 0.926. The second kappa shape index (κ2) is 5.44. The molecular weight excluding hydrogens is 284 g/mol. The SMILES string of the molecule is Cc1c(NC2=NCC(C)S2)c(=O)n(-c2ccccc2)n1C. The van der Waals surface area contributed by atoms with Crippen molar-refractivity contribution in [1.29, 1.82) is 0 Å². The van der Waals surface area contributed by atoms with Crippen LogP contribution < -0.4 is 10.9 Å². The molecule has 1 atom stereocenters. The second-order valence-corrected chi connectivity index (χ2v) is 6.56. The molecule has 2 aromatic rings. The number of anilines is 1. The van der Waals surface area contributed by atoms with Crippen molar-refractivity contribution in [3.8, 4) is 5.69 Å². The molecule has 0 saturated carbocycles.